The molecular weight excluding hydrogens is 246 g/mol. The fourth-order valence-corrected chi connectivity index (χ4v) is 2.73. The average molecular weight is 254 g/mol. The van der Waals surface area contributed by atoms with Crippen molar-refractivity contribution < 1.29 is 8.42 Å². The zero-order valence-electron chi connectivity index (χ0n) is 8.07. The molecule has 0 aliphatic rings. The van der Waals surface area contributed by atoms with Gasteiger partial charge in [-0.25, -0.2) is 8.42 Å². The lowest BCUT2D eigenvalue weighted by Crippen LogP contribution is -1.97. The molecule has 84 valence electrons. The Bertz CT molecular complexity index is 561. The van der Waals surface area contributed by atoms with Crippen molar-refractivity contribution in [3.63, 3.8) is 0 Å². The molecule has 16 heavy (non-hydrogen) atoms. The molecular formula is C9H8N3O2S2-. The second kappa shape index (κ2) is 4.11. The first-order valence-corrected chi connectivity index (χ1v) is 6.63. The van der Waals surface area contributed by atoms with Crippen molar-refractivity contribution in [2.45, 2.75) is 4.90 Å². The van der Waals surface area contributed by atoms with Crippen LogP contribution in [0.3, 0.4) is 0 Å². The predicted octanol–water partition coefficient (Wildman–Crippen LogP) is 2.12. The highest BCUT2D eigenvalue weighted by atomic mass is 32.2. The summed E-state index contributed by atoms with van der Waals surface area (Å²) in [7, 11) is -3.68. The molecule has 7 heteroatoms. The predicted molar refractivity (Wildman–Crippen MR) is 63.2 cm³/mol. The molecule has 0 aliphatic heterocycles. The van der Waals surface area contributed by atoms with E-state index in [9.17, 15) is 8.42 Å². The molecule has 1 heterocycles. The molecule has 2 N–H and O–H groups in total. The Morgan fingerprint density at radius 2 is 1.94 bits per heavy atom. The van der Waals surface area contributed by atoms with E-state index < -0.39 is 10.0 Å². The molecule has 0 radical (unpaired) electrons. The second-order valence-electron chi connectivity index (χ2n) is 2.95. The Morgan fingerprint density at radius 1 is 1.25 bits per heavy atom. The van der Waals surface area contributed by atoms with E-state index in [0.717, 1.165) is 0 Å². The van der Waals surface area contributed by atoms with Gasteiger partial charge in [0.15, 0.2) is 0 Å². The van der Waals surface area contributed by atoms with Gasteiger partial charge >= 0.3 is 0 Å². The lowest BCUT2D eigenvalue weighted by atomic mass is 10.3. The molecule has 0 unspecified atom stereocenters. The van der Waals surface area contributed by atoms with Crippen molar-refractivity contribution in [2.24, 2.45) is 0 Å². The van der Waals surface area contributed by atoms with Crippen LogP contribution in [-0.2, 0) is 10.0 Å². The van der Waals surface area contributed by atoms with Crippen molar-refractivity contribution in [1.82, 2.24) is 4.98 Å². The van der Waals surface area contributed by atoms with Crippen molar-refractivity contribution in [2.75, 3.05) is 5.73 Å². The summed E-state index contributed by atoms with van der Waals surface area (Å²) in [6, 6.07) is 5.87. The fraction of sp³-hybridized carbons (Fsp3) is 0. The van der Waals surface area contributed by atoms with Crippen LogP contribution in [0.15, 0.2) is 40.7 Å². The molecule has 1 aromatic carbocycles. The minimum atomic E-state index is -3.68. The molecule has 0 saturated heterocycles. The van der Waals surface area contributed by atoms with Crippen LogP contribution >= 0.6 is 11.3 Å². The van der Waals surface area contributed by atoms with Gasteiger partial charge in [0.2, 0.25) is 10.0 Å². The van der Waals surface area contributed by atoms with Crippen LogP contribution in [0.25, 0.3) is 4.72 Å². The van der Waals surface area contributed by atoms with E-state index in [0.29, 0.717) is 5.69 Å². The summed E-state index contributed by atoms with van der Waals surface area (Å²) in [6.07, 6.45) is 1.50. The molecule has 2 rings (SSSR count). The van der Waals surface area contributed by atoms with Crippen LogP contribution in [-0.4, -0.2) is 13.4 Å². The van der Waals surface area contributed by atoms with E-state index in [-0.39, 0.29) is 10.0 Å². The number of aromatic nitrogens is 1. The van der Waals surface area contributed by atoms with Crippen LogP contribution in [0.4, 0.5) is 10.8 Å². The first-order chi connectivity index (χ1) is 7.58. The van der Waals surface area contributed by atoms with Crippen LogP contribution in [0.5, 0.6) is 0 Å². The van der Waals surface area contributed by atoms with Crippen LogP contribution in [0.2, 0.25) is 0 Å². The SMILES string of the molecule is Nc1ccc(S(=O)(=O)[N-]c2nccs2)cc1. The van der Waals surface area contributed by atoms with Crippen molar-refractivity contribution >= 4 is 32.2 Å². The number of thiazole rings is 1. The lowest BCUT2D eigenvalue weighted by Gasteiger charge is -2.11. The molecule has 2 aromatic rings. The first kappa shape index (κ1) is 10.9. The highest BCUT2D eigenvalue weighted by Gasteiger charge is 2.09. The quantitative estimate of drug-likeness (QED) is 0.850. The van der Waals surface area contributed by atoms with E-state index in [4.69, 9.17) is 5.73 Å². The van der Waals surface area contributed by atoms with Gasteiger partial charge in [-0.3, -0.25) is 0 Å². The zero-order chi connectivity index (χ0) is 11.6. The molecule has 0 saturated carbocycles. The number of benzene rings is 1. The maximum atomic E-state index is 11.8. The van der Waals surface area contributed by atoms with Crippen LogP contribution in [0.1, 0.15) is 0 Å². The van der Waals surface area contributed by atoms with Crippen LogP contribution in [0, 0.1) is 0 Å². The molecule has 0 bridgehead atoms. The first-order valence-electron chi connectivity index (χ1n) is 4.31. The van der Waals surface area contributed by atoms with Gasteiger partial charge in [0.05, 0.1) is 4.90 Å². The Kier molecular flexibility index (Phi) is 2.80. The third kappa shape index (κ3) is 2.31. The summed E-state index contributed by atoms with van der Waals surface area (Å²) in [4.78, 5) is 3.90. The van der Waals surface area contributed by atoms with E-state index in [1.807, 2.05) is 0 Å². The van der Waals surface area contributed by atoms with Gasteiger partial charge in [-0.1, -0.05) is 6.20 Å². The maximum Gasteiger partial charge on any atom is 0.202 e. The number of hydrogen-bond acceptors (Lipinski definition) is 5. The largest absolute Gasteiger partial charge is 0.433 e. The Labute approximate surface area is 97.0 Å². The average Bonchev–Trinajstić information content (AvgIpc) is 2.70. The third-order valence-corrected chi connectivity index (χ3v) is 3.86. The molecule has 0 atom stereocenters. The van der Waals surface area contributed by atoms with E-state index >= 15 is 0 Å². The smallest absolute Gasteiger partial charge is 0.202 e. The van der Waals surface area contributed by atoms with Crippen LogP contribution < -0.4 is 5.73 Å². The number of nitrogens with zero attached hydrogens (tertiary/aromatic N) is 2. The Balaban J connectivity index is 2.29. The second-order valence-corrected chi connectivity index (χ2v) is 5.43. The standard InChI is InChI=1S/C9H8N3O2S2/c10-7-1-3-8(4-2-7)16(13,14)12-9-11-5-6-15-9/h1-6H,10H2/q-1. The number of hydrogen-bond donors (Lipinski definition) is 1. The minimum Gasteiger partial charge on any atom is -0.433 e. The monoisotopic (exact) mass is 254 g/mol. The van der Waals surface area contributed by atoms with Crippen molar-refractivity contribution in [3.05, 3.63) is 40.6 Å². The van der Waals surface area contributed by atoms with Gasteiger partial charge in [0.25, 0.3) is 0 Å². The van der Waals surface area contributed by atoms with E-state index in [1.54, 1.807) is 5.38 Å². The Morgan fingerprint density at radius 3 is 2.50 bits per heavy atom. The number of nitrogen functional groups attached to an aromatic ring is 1. The number of anilines is 1. The summed E-state index contributed by atoms with van der Waals surface area (Å²) in [5, 5.41) is 1.88. The molecule has 0 fully saturated rings. The minimum absolute atomic E-state index is 0.108. The highest BCUT2D eigenvalue weighted by Crippen LogP contribution is 2.29. The molecule has 0 aliphatic carbocycles. The highest BCUT2D eigenvalue weighted by molar-refractivity contribution is 7.94. The third-order valence-electron chi connectivity index (χ3n) is 1.80. The molecule has 0 amide bonds. The van der Waals surface area contributed by atoms with Crippen molar-refractivity contribution in [3.8, 4) is 0 Å². The molecule has 5 nitrogen and oxygen atoms in total. The van der Waals surface area contributed by atoms with Gasteiger partial charge < -0.3 is 15.4 Å². The Hall–Kier alpha value is -1.60. The lowest BCUT2D eigenvalue weighted by molar-refractivity contribution is 0.603. The normalized spacial score (nSPS) is 11.2. The summed E-state index contributed by atoms with van der Waals surface area (Å²) in [5.74, 6) is 0. The molecule has 1 aromatic heterocycles. The van der Waals surface area contributed by atoms with E-state index in [1.165, 1.54) is 41.8 Å². The summed E-state index contributed by atoms with van der Waals surface area (Å²) < 4.78 is 27.1. The zero-order valence-corrected chi connectivity index (χ0v) is 9.70. The maximum absolute atomic E-state index is 11.8. The number of rotatable bonds is 3. The fourth-order valence-electron chi connectivity index (χ4n) is 1.06. The summed E-state index contributed by atoms with van der Waals surface area (Å²) in [5.41, 5.74) is 5.98. The van der Waals surface area contributed by atoms with Gasteiger partial charge in [0.1, 0.15) is 0 Å². The topological polar surface area (TPSA) is 87.2 Å². The van der Waals surface area contributed by atoms with Gasteiger partial charge in [-0.15, -0.1) is 0 Å². The molecule has 0 spiro atoms. The summed E-state index contributed by atoms with van der Waals surface area (Å²) >= 11 is 1.17. The van der Waals surface area contributed by atoms with E-state index in [2.05, 4.69) is 9.71 Å². The van der Waals surface area contributed by atoms with Gasteiger partial charge in [0, 0.05) is 10.8 Å². The van der Waals surface area contributed by atoms with Gasteiger partial charge in [-0.05, 0) is 29.6 Å². The summed E-state index contributed by atoms with van der Waals surface area (Å²) in [6.45, 7) is 0. The van der Waals surface area contributed by atoms with Gasteiger partial charge in [-0.2, -0.15) is 11.3 Å². The van der Waals surface area contributed by atoms with Crippen molar-refractivity contribution in [1.29, 1.82) is 0 Å². The number of nitrogens with two attached hydrogens (primary N) is 1. The number of sulfonamides is 1.